The Kier molecular flexibility index (Phi) is 8.17. The minimum Gasteiger partial charge on any atom is -0.459 e. The van der Waals surface area contributed by atoms with Crippen LogP contribution in [0.4, 0.5) is 0 Å². The Bertz CT molecular complexity index is 611. The van der Waals surface area contributed by atoms with Gasteiger partial charge < -0.3 is 19.9 Å². The van der Waals surface area contributed by atoms with Gasteiger partial charge in [-0.3, -0.25) is 4.79 Å². The second-order valence-corrected chi connectivity index (χ2v) is 8.02. The van der Waals surface area contributed by atoms with Crippen LogP contribution in [-0.4, -0.2) is 44.0 Å². The highest BCUT2D eigenvalue weighted by molar-refractivity contribution is 6.35. The Morgan fingerprint density at radius 2 is 2.04 bits per heavy atom. The van der Waals surface area contributed by atoms with Crippen LogP contribution in [0.2, 0.25) is 10.0 Å². The van der Waals surface area contributed by atoms with E-state index in [-0.39, 0.29) is 18.6 Å². The van der Waals surface area contributed by atoms with E-state index in [0.29, 0.717) is 35.6 Å². The fourth-order valence-corrected chi connectivity index (χ4v) is 3.44. The third-order valence-corrected chi connectivity index (χ3v) is 4.87. The maximum absolute atomic E-state index is 12.1. The van der Waals surface area contributed by atoms with Gasteiger partial charge in [0.2, 0.25) is 0 Å². The number of cyclic esters (lactones) is 1. The van der Waals surface area contributed by atoms with Crippen LogP contribution in [-0.2, 0) is 25.4 Å². The number of hydrogen-bond acceptors (Lipinski definition) is 5. The number of ether oxygens (including phenoxy) is 3. The summed E-state index contributed by atoms with van der Waals surface area (Å²) >= 11 is 12.3. The van der Waals surface area contributed by atoms with Crippen LogP contribution in [0, 0.1) is 11.8 Å². The van der Waals surface area contributed by atoms with Gasteiger partial charge in [-0.05, 0) is 37.0 Å². The van der Waals surface area contributed by atoms with Gasteiger partial charge >= 0.3 is 5.97 Å². The minimum absolute atomic E-state index is 0.0412. The summed E-state index contributed by atoms with van der Waals surface area (Å²) in [5.41, 5.74) is 6.76. The molecule has 0 bridgehead atoms. The van der Waals surface area contributed by atoms with Crippen molar-refractivity contribution < 1.29 is 19.0 Å². The van der Waals surface area contributed by atoms with Crippen molar-refractivity contribution in [1.29, 1.82) is 0 Å². The summed E-state index contributed by atoms with van der Waals surface area (Å²) in [6.07, 6.45) is -0.140. The lowest BCUT2D eigenvalue weighted by Gasteiger charge is -2.31. The van der Waals surface area contributed by atoms with Gasteiger partial charge in [0.05, 0.1) is 19.3 Å². The van der Waals surface area contributed by atoms with E-state index in [1.807, 2.05) is 19.1 Å². The van der Waals surface area contributed by atoms with Gasteiger partial charge in [0.1, 0.15) is 12.1 Å². The SMILES string of the molecule is CC(C)COC1C(Cc2ccc(Cl)cc2Cl)COCC(N)C(=O)OC1C. The van der Waals surface area contributed by atoms with E-state index in [1.54, 1.807) is 6.07 Å². The molecule has 0 aromatic heterocycles. The molecular weight excluding hydrogens is 377 g/mol. The molecule has 1 fully saturated rings. The largest absolute Gasteiger partial charge is 0.459 e. The standard InChI is InChI=1S/C19H27Cl2NO4/c1-11(2)8-25-18-12(3)26-19(23)17(22)10-24-9-14(18)6-13-4-5-15(20)7-16(13)21/h4-5,7,11-12,14,17-18H,6,8-10,22H2,1-3H3. The summed E-state index contributed by atoms with van der Waals surface area (Å²) in [7, 11) is 0. The molecule has 4 unspecified atom stereocenters. The highest BCUT2D eigenvalue weighted by Crippen LogP contribution is 2.28. The van der Waals surface area contributed by atoms with Gasteiger partial charge in [0, 0.05) is 22.6 Å². The van der Waals surface area contributed by atoms with E-state index in [0.717, 1.165) is 5.56 Å². The number of esters is 1. The van der Waals surface area contributed by atoms with Crippen LogP contribution >= 0.6 is 23.2 Å². The highest BCUT2D eigenvalue weighted by atomic mass is 35.5. The Labute approximate surface area is 165 Å². The Balaban J connectivity index is 2.24. The van der Waals surface area contributed by atoms with Crippen molar-refractivity contribution in [1.82, 2.24) is 0 Å². The Morgan fingerprint density at radius 1 is 1.31 bits per heavy atom. The van der Waals surface area contributed by atoms with Crippen LogP contribution in [0.1, 0.15) is 26.3 Å². The van der Waals surface area contributed by atoms with E-state index in [2.05, 4.69) is 13.8 Å². The van der Waals surface area contributed by atoms with Crippen LogP contribution in [0.15, 0.2) is 18.2 Å². The summed E-state index contributed by atoms with van der Waals surface area (Å²) in [6, 6.07) is 4.64. The summed E-state index contributed by atoms with van der Waals surface area (Å²) < 4.78 is 17.3. The number of benzene rings is 1. The first-order valence-corrected chi connectivity index (χ1v) is 9.62. The molecule has 0 amide bonds. The second kappa shape index (κ2) is 9.90. The summed E-state index contributed by atoms with van der Waals surface area (Å²) in [5, 5.41) is 1.19. The van der Waals surface area contributed by atoms with Crippen molar-refractivity contribution in [3.63, 3.8) is 0 Å². The van der Waals surface area contributed by atoms with Crippen LogP contribution in [0.3, 0.4) is 0 Å². The summed E-state index contributed by atoms with van der Waals surface area (Å²) in [5.74, 6) is -0.158. The van der Waals surface area contributed by atoms with Gasteiger partial charge in [-0.25, -0.2) is 0 Å². The second-order valence-electron chi connectivity index (χ2n) is 7.18. The van der Waals surface area contributed by atoms with E-state index in [9.17, 15) is 4.79 Å². The van der Waals surface area contributed by atoms with E-state index < -0.39 is 18.1 Å². The zero-order valence-corrected chi connectivity index (χ0v) is 16.9. The van der Waals surface area contributed by atoms with Crippen molar-refractivity contribution >= 4 is 29.2 Å². The normalized spacial score (nSPS) is 27.6. The van der Waals surface area contributed by atoms with Gasteiger partial charge in [-0.15, -0.1) is 0 Å². The molecule has 2 rings (SSSR count). The molecule has 1 heterocycles. The molecule has 4 atom stereocenters. The summed E-state index contributed by atoms with van der Waals surface area (Å²) in [4.78, 5) is 12.1. The zero-order valence-electron chi connectivity index (χ0n) is 15.4. The third-order valence-electron chi connectivity index (χ3n) is 4.28. The number of carbonyl (C=O) groups excluding carboxylic acids is 1. The lowest BCUT2D eigenvalue weighted by atomic mass is 9.91. The van der Waals surface area contributed by atoms with Gasteiger partial charge in [0.15, 0.2) is 0 Å². The van der Waals surface area contributed by atoms with Crippen LogP contribution < -0.4 is 5.73 Å². The fourth-order valence-electron chi connectivity index (χ4n) is 2.95. The van der Waals surface area contributed by atoms with Gasteiger partial charge in [-0.2, -0.15) is 0 Å². The predicted molar refractivity (Wildman–Crippen MR) is 103 cm³/mol. The van der Waals surface area contributed by atoms with E-state index >= 15 is 0 Å². The first kappa shape index (κ1) is 21.5. The van der Waals surface area contributed by atoms with Crippen molar-refractivity contribution in [3.8, 4) is 0 Å². The van der Waals surface area contributed by atoms with E-state index in [4.69, 9.17) is 43.1 Å². The lowest BCUT2D eigenvalue weighted by Crippen LogP contribution is -2.42. The molecular formula is C19H27Cl2NO4. The Hall–Kier alpha value is -0.850. The molecule has 1 aliphatic heterocycles. The van der Waals surface area contributed by atoms with Crippen molar-refractivity contribution in [2.24, 2.45) is 17.6 Å². The number of carbonyl (C=O) groups is 1. The molecule has 0 radical (unpaired) electrons. The fraction of sp³-hybridized carbons (Fsp3) is 0.632. The van der Waals surface area contributed by atoms with Crippen molar-refractivity contribution in [3.05, 3.63) is 33.8 Å². The maximum atomic E-state index is 12.1. The highest BCUT2D eigenvalue weighted by Gasteiger charge is 2.34. The average Bonchev–Trinajstić information content (AvgIpc) is 2.60. The van der Waals surface area contributed by atoms with Gasteiger partial charge in [-0.1, -0.05) is 43.1 Å². The smallest absolute Gasteiger partial charge is 0.325 e. The lowest BCUT2D eigenvalue weighted by molar-refractivity contribution is -0.160. The Morgan fingerprint density at radius 3 is 2.69 bits per heavy atom. The third kappa shape index (κ3) is 6.10. The van der Waals surface area contributed by atoms with Crippen molar-refractivity contribution in [2.75, 3.05) is 19.8 Å². The van der Waals surface area contributed by atoms with Crippen molar-refractivity contribution in [2.45, 2.75) is 45.4 Å². The minimum atomic E-state index is -0.791. The monoisotopic (exact) mass is 403 g/mol. The average molecular weight is 404 g/mol. The summed E-state index contributed by atoms with van der Waals surface area (Å²) in [6.45, 7) is 7.05. The van der Waals surface area contributed by atoms with Crippen LogP contribution in [0.5, 0.6) is 0 Å². The molecule has 1 aromatic carbocycles. The topological polar surface area (TPSA) is 70.8 Å². The molecule has 1 aliphatic rings. The molecule has 0 aliphatic carbocycles. The molecule has 146 valence electrons. The molecule has 0 spiro atoms. The molecule has 1 aromatic rings. The first-order valence-electron chi connectivity index (χ1n) is 8.87. The molecule has 0 saturated carbocycles. The van der Waals surface area contributed by atoms with Gasteiger partial charge in [0.25, 0.3) is 0 Å². The van der Waals surface area contributed by atoms with Crippen LogP contribution in [0.25, 0.3) is 0 Å². The number of hydrogen-bond donors (Lipinski definition) is 1. The maximum Gasteiger partial charge on any atom is 0.325 e. The predicted octanol–water partition coefficient (Wildman–Crippen LogP) is 3.48. The zero-order chi connectivity index (χ0) is 19.3. The quantitative estimate of drug-likeness (QED) is 0.761. The van der Waals surface area contributed by atoms with E-state index in [1.165, 1.54) is 0 Å². The number of nitrogens with two attached hydrogens (primary N) is 1. The molecule has 2 N–H and O–H groups in total. The molecule has 7 heteroatoms. The number of halogens is 2. The number of rotatable bonds is 5. The molecule has 1 saturated heterocycles. The molecule has 5 nitrogen and oxygen atoms in total. The molecule has 26 heavy (non-hydrogen) atoms. The first-order chi connectivity index (χ1) is 12.3.